The summed E-state index contributed by atoms with van der Waals surface area (Å²) in [6.45, 7) is 4.71. The van der Waals surface area contributed by atoms with Gasteiger partial charge in [-0.3, -0.25) is 0 Å². The maximum Gasteiger partial charge on any atom is 0.156 e. The minimum atomic E-state index is 0.658. The van der Waals surface area contributed by atoms with Crippen LogP contribution in [-0.4, -0.2) is 21.8 Å². The van der Waals surface area contributed by atoms with Crippen molar-refractivity contribution in [1.82, 2.24) is 20.1 Å². The Kier molecular flexibility index (Phi) is 3.45. The van der Waals surface area contributed by atoms with Crippen LogP contribution in [0.15, 0.2) is 18.5 Å². The van der Waals surface area contributed by atoms with Crippen LogP contribution in [0.4, 0.5) is 0 Å². The van der Waals surface area contributed by atoms with E-state index in [9.17, 15) is 0 Å². The lowest BCUT2D eigenvalue weighted by Crippen LogP contribution is -2.08. The fourth-order valence-corrected chi connectivity index (χ4v) is 1.84. The molecule has 0 fully saturated rings. The molecule has 0 aliphatic heterocycles. The first-order chi connectivity index (χ1) is 8.11. The zero-order chi connectivity index (χ0) is 12.4. The molecule has 0 amide bonds. The summed E-state index contributed by atoms with van der Waals surface area (Å²) in [6.07, 6.45) is 3.63. The minimum absolute atomic E-state index is 0.658. The summed E-state index contributed by atoms with van der Waals surface area (Å²) in [5, 5.41) is 8.08. The average molecular weight is 251 g/mol. The molecule has 1 N–H and O–H groups in total. The summed E-state index contributed by atoms with van der Waals surface area (Å²) >= 11 is 5.99. The van der Waals surface area contributed by atoms with Crippen molar-refractivity contribution in [3.8, 4) is 5.82 Å². The number of rotatable bonds is 3. The lowest BCUT2D eigenvalue weighted by molar-refractivity contribution is 0.793. The molecule has 0 aliphatic carbocycles. The molecule has 2 heterocycles. The van der Waals surface area contributed by atoms with Crippen molar-refractivity contribution in [3.05, 3.63) is 40.3 Å². The van der Waals surface area contributed by atoms with Gasteiger partial charge >= 0.3 is 0 Å². The van der Waals surface area contributed by atoms with E-state index in [0.29, 0.717) is 5.02 Å². The van der Waals surface area contributed by atoms with Gasteiger partial charge in [-0.1, -0.05) is 11.6 Å². The van der Waals surface area contributed by atoms with E-state index in [1.54, 1.807) is 10.9 Å². The van der Waals surface area contributed by atoms with Crippen molar-refractivity contribution in [1.29, 1.82) is 0 Å². The maximum absolute atomic E-state index is 5.99. The zero-order valence-electron chi connectivity index (χ0n) is 10.2. The molecule has 17 heavy (non-hydrogen) atoms. The number of halogens is 1. The van der Waals surface area contributed by atoms with Gasteiger partial charge in [0.15, 0.2) is 5.82 Å². The van der Waals surface area contributed by atoms with E-state index < -0.39 is 0 Å². The molecule has 0 radical (unpaired) electrons. The number of hydrogen-bond acceptors (Lipinski definition) is 3. The zero-order valence-corrected chi connectivity index (χ0v) is 10.9. The lowest BCUT2D eigenvalue weighted by Gasteiger charge is -2.07. The standard InChI is InChI=1S/C12H15ClN4/c1-8-4-10(5-14-3)6-15-12(8)17-7-11(13)9(2)16-17/h4,6-7,14H,5H2,1-3H3. The first-order valence-corrected chi connectivity index (χ1v) is 5.82. The molecular formula is C12H15ClN4. The van der Waals surface area contributed by atoms with Crippen LogP contribution in [0.2, 0.25) is 5.02 Å². The number of nitrogens with one attached hydrogen (secondary N) is 1. The van der Waals surface area contributed by atoms with E-state index >= 15 is 0 Å². The number of hydrogen-bond donors (Lipinski definition) is 1. The van der Waals surface area contributed by atoms with E-state index in [1.807, 2.05) is 27.1 Å². The highest BCUT2D eigenvalue weighted by Gasteiger charge is 2.08. The number of pyridine rings is 1. The Balaban J connectivity index is 2.39. The number of aryl methyl sites for hydroxylation is 2. The van der Waals surface area contributed by atoms with E-state index in [1.165, 1.54) is 0 Å². The summed E-state index contributed by atoms with van der Waals surface area (Å²) < 4.78 is 1.72. The highest BCUT2D eigenvalue weighted by molar-refractivity contribution is 6.31. The van der Waals surface area contributed by atoms with Crippen LogP contribution in [-0.2, 0) is 6.54 Å². The molecule has 2 rings (SSSR count). The van der Waals surface area contributed by atoms with Crippen molar-refractivity contribution >= 4 is 11.6 Å². The second-order valence-corrected chi connectivity index (χ2v) is 4.43. The van der Waals surface area contributed by atoms with Crippen molar-refractivity contribution in [2.24, 2.45) is 0 Å². The second-order valence-electron chi connectivity index (χ2n) is 4.02. The van der Waals surface area contributed by atoms with Crippen molar-refractivity contribution in [3.63, 3.8) is 0 Å². The molecule has 0 atom stereocenters. The van der Waals surface area contributed by atoms with Gasteiger partial charge < -0.3 is 5.32 Å². The van der Waals surface area contributed by atoms with Crippen LogP contribution >= 0.6 is 11.6 Å². The van der Waals surface area contributed by atoms with Gasteiger partial charge in [0, 0.05) is 12.7 Å². The molecule has 0 unspecified atom stereocenters. The topological polar surface area (TPSA) is 42.7 Å². The van der Waals surface area contributed by atoms with Crippen molar-refractivity contribution in [2.45, 2.75) is 20.4 Å². The average Bonchev–Trinajstić information content (AvgIpc) is 2.59. The third-order valence-electron chi connectivity index (χ3n) is 2.54. The normalized spacial score (nSPS) is 10.8. The van der Waals surface area contributed by atoms with Crippen LogP contribution in [0.5, 0.6) is 0 Å². The summed E-state index contributed by atoms with van der Waals surface area (Å²) in [7, 11) is 1.92. The molecule has 0 spiro atoms. The minimum Gasteiger partial charge on any atom is -0.316 e. The third-order valence-corrected chi connectivity index (χ3v) is 2.92. The number of nitrogens with zero attached hydrogens (tertiary/aromatic N) is 3. The van der Waals surface area contributed by atoms with Gasteiger partial charge in [0.25, 0.3) is 0 Å². The van der Waals surface area contributed by atoms with Crippen LogP contribution in [0.25, 0.3) is 5.82 Å². The molecule has 5 heteroatoms. The van der Waals surface area contributed by atoms with E-state index in [4.69, 9.17) is 11.6 Å². The van der Waals surface area contributed by atoms with E-state index in [2.05, 4.69) is 21.5 Å². The Morgan fingerprint density at radius 2 is 2.18 bits per heavy atom. The predicted octanol–water partition coefficient (Wildman–Crippen LogP) is 2.26. The monoisotopic (exact) mass is 250 g/mol. The molecule has 2 aromatic rings. The van der Waals surface area contributed by atoms with Crippen LogP contribution in [0.3, 0.4) is 0 Å². The molecule has 2 aromatic heterocycles. The second kappa shape index (κ2) is 4.85. The number of aromatic nitrogens is 3. The maximum atomic E-state index is 5.99. The highest BCUT2D eigenvalue weighted by atomic mass is 35.5. The van der Waals surface area contributed by atoms with Crippen molar-refractivity contribution in [2.75, 3.05) is 7.05 Å². The molecule has 4 nitrogen and oxygen atoms in total. The molecular weight excluding hydrogens is 236 g/mol. The van der Waals surface area contributed by atoms with Crippen LogP contribution in [0, 0.1) is 13.8 Å². The first kappa shape index (κ1) is 12.1. The Morgan fingerprint density at radius 1 is 1.41 bits per heavy atom. The summed E-state index contributed by atoms with van der Waals surface area (Å²) in [6, 6.07) is 2.10. The third kappa shape index (κ3) is 2.48. The van der Waals surface area contributed by atoms with Crippen molar-refractivity contribution < 1.29 is 0 Å². The molecule has 0 bridgehead atoms. The van der Waals surface area contributed by atoms with Crippen LogP contribution < -0.4 is 5.32 Å². The first-order valence-electron chi connectivity index (χ1n) is 5.44. The Hall–Kier alpha value is -1.39. The summed E-state index contributed by atoms with van der Waals surface area (Å²) in [5.41, 5.74) is 3.05. The summed E-state index contributed by atoms with van der Waals surface area (Å²) in [5.74, 6) is 0.819. The van der Waals surface area contributed by atoms with E-state index in [-0.39, 0.29) is 0 Å². The fourth-order valence-electron chi connectivity index (χ4n) is 1.71. The largest absolute Gasteiger partial charge is 0.316 e. The van der Waals surface area contributed by atoms with Crippen LogP contribution in [0.1, 0.15) is 16.8 Å². The SMILES string of the molecule is CNCc1cnc(-n2cc(Cl)c(C)n2)c(C)c1. The smallest absolute Gasteiger partial charge is 0.156 e. The van der Waals surface area contributed by atoms with Gasteiger partial charge in [-0.15, -0.1) is 0 Å². The molecule has 0 aromatic carbocycles. The Labute approximate surface area is 106 Å². The molecule has 0 saturated carbocycles. The quantitative estimate of drug-likeness (QED) is 0.909. The van der Waals surface area contributed by atoms with Gasteiger partial charge in [-0.05, 0) is 38.1 Å². The van der Waals surface area contributed by atoms with Gasteiger partial charge in [-0.25, -0.2) is 9.67 Å². The Morgan fingerprint density at radius 3 is 2.71 bits per heavy atom. The van der Waals surface area contributed by atoms with Gasteiger partial charge in [0.05, 0.1) is 16.9 Å². The van der Waals surface area contributed by atoms with Gasteiger partial charge in [-0.2, -0.15) is 5.10 Å². The van der Waals surface area contributed by atoms with Gasteiger partial charge in [0.1, 0.15) is 0 Å². The molecule has 90 valence electrons. The predicted molar refractivity (Wildman–Crippen MR) is 68.6 cm³/mol. The molecule has 0 aliphatic rings. The van der Waals surface area contributed by atoms with Gasteiger partial charge in [0.2, 0.25) is 0 Å². The highest BCUT2D eigenvalue weighted by Crippen LogP contribution is 2.17. The van der Waals surface area contributed by atoms with E-state index in [0.717, 1.165) is 29.2 Å². The lowest BCUT2D eigenvalue weighted by atomic mass is 10.2. The summed E-state index contributed by atoms with van der Waals surface area (Å²) in [4.78, 5) is 4.42. The molecule has 0 saturated heterocycles. The fraction of sp³-hybridized carbons (Fsp3) is 0.333. The Bertz CT molecular complexity index is 514.